The number of carbonyl (C=O) groups is 3. The topological polar surface area (TPSA) is 68.6 Å². The van der Waals surface area contributed by atoms with Gasteiger partial charge in [0.25, 0.3) is 11.1 Å². The summed E-state index contributed by atoms with van der Waals surface area (Å²) in [6, 6.07) is 9.07. The minimum absolute atomic E-state index is 0.0339. The monoisotopic (exact) mass is 408 g/mol. The number of thioether (sulfide) groups is 1. The summed E-state index contributed by atoms with van der Waals surface area (Å²) in [6.45, 7) is 5.94. The first-order chi connectivity index (χ1) is 13.9. The Labute approximate surface area is 173 Å². The van der Waals surface area contributed by atoms with E-state index in [1.165, 1.54) is 0 Å². The van der Waals surface area contributed by atoms with E-state index in [4.69, 9.17) is 11.2 Å². The molecule has 0 radical (unpaired) electrons. The molecule has 0 bridgehead atoms. The van der Waals surface area contributed by atoms with Crippen molar-refractivity contribution >= 4 is 35.0 Å². The number of nitrogens with zero attached hydrogens (tertiary/aromatic N) is 2. The molecule has 0 saturated carbocycles. The Balaban J connectivity index is 1.92. The SMILES string of the molecule is C#CCN1C(=O)S/C(=C\c2cc(C)n(-c3ccc(C(=O)OCC)cc3)c2C)C1=O. The number of amides is 2. The normalized spacial score (nSPS) is 15.1. The van der Waals surface area contributed by atoms with E-state index in [9.17, 15) is 14.4 Å². The molecule has 0 spiro atoms. The number of carbonyl (C=O) groups excluding carboxylic acids is 3. The third-order valence-electron chi connectivity index (χ3n) is 4.52. The van der Waals surface area contributed by atoms with Crippen LogP contribution in [0.1, 0.15) is 34.2 Å². The van der Waals surface area contributed by atoms with E-state index in [1.54, 1.807) is 25.1 Å². The van der Waals surface area contributed by atoms with Crippen molar-refractivity contribution in [3.05, 3.63) is 57.8 Å². The van der Waals surface area contributed by atoms with Gasteiger partial charge in [-0.1, -0.05) is 5.92 Å². The van der Waals surface area contributed by atoms with Crippen molar-refractivity contribution in [1.29, 1.82) is 0 Å². The zero-order valence-corrected chi connectivity index (χ0v) is 17.2. The van der Waals surface area contributed by atoms with Crippen LogP contribution in [0, 0.1) is 26.2 Å². The van der Waals surface area contributed by atoms with Gasteiger partial charge in [0.15, 0.2) is 0 Å². The Morgan fingerprint density at radius 3 is 2.55 bits per heavy atom. The average Bonchev–Trinajstić information content (AvgIpc) is 3.12. The van der Waals surface area contributed by atoms with Gasteiger partial charge in [-0.15, -0.1) is 6.42 Å². The van der Waals surface area contributed by atoms with Crippen LogP contribution in [-0.2, 0) is 9.53 Å². The van der Waals surface area contributed by atoms with E-state index in [1.807, 2.05) is 36.6 Å². The summed E-state index contributed by atoms with van der Waals surface area (Å²) in [7, 11) is 0. The van der Waals surface area contributed by atoms with Crippen LogP contribution in [0.15, 0.2) is 35.2 Å². The van der Waals surface area contributed by atoms with Crippen molar-refractivity contribution in [2.24, 2.45) is 0 Å². The van der Waals surface area contributed by atoms with Gasteiger partial charge >= 0.3 is 5.97 Å². The Morgan fingerprint density at radius 1 is 1.24 bits per heavy atom. The van der Waals surface area contributed by atoms with Gasteiger partial charge in [-0.25, -0.2) is 4.79 Å². The molecule has 148 valence electrons. The van der Waals surface area contributed by atoms with Gasteiger partial charge in [0, 0.05) is 17.1 Å². The summed E-state index contributed by atoms with van der Waals surface area (Å²) in [5.74, 6) is 1.60. The van der Waals surface area contributed by atoms with E-state index < -0.39 is 0 Å². The van der Waals surface area contributed by atoms with E-state index >= 15 is 0 Å². The van der Waals surface area contributed by atoms with Gasteiger partial charge in [0.2, 0.25) is 0 Å². The van der Waals surface area contributed by atoms with Gasteiger partial charge < -0.3 is 9.30 Å². The number of terminal acetylenes is 1. The number of ether oxygens (including phenoxy) is 1. The molecule has 0 unspecified atom stereocenters. The zero-order chi connectivity index (χ0) is 21.1. The second-order valence-electron chi connectivity index (χ2n) is 6.40. The largest absolute Gasteiger partial charge is 0.462 e. The summed E-state index contributed by atoms with van der Waals surface area (Å²) in [4.78, 5) is 37.6. The Kier molecular flexibility index (Phi) is 5.95. The molecule has 0 aliphatic carbocycles. The maximum atomic E-state index is 12.4. The molecule has 1 aromatic carbocycles. The number of benzene rings is 1. The summed E-state index contributed by atoms with van der Waals surface area (Å²) >= 11 is 0.888. The van der Waals surface area contributed by atoms with Gasteiger partial charge in [0.05, 0.1) is 23.6 Å². The van der Waals surface area contributed by atoms with Gasteiger partial charge in [-0.2, -0.15) is 0 Å². The molecule has 1 fully saturated rings. The van der Waals surface area contributed by atoms with Gasteiger partial charge in [-0.05, 0) is 74.5 Å². The van der Waals surface area contributed by atoms with E-state index in [0.29, 0.717) is 17.1 Å². The molecular formula is C22H20N2O4S. The Morgan fingerprint density at radius 2 is 1.93 bits per heavy atom. The van der Waals surface area contributed by atoms with Crippen LogP contribution in [0.5, 0.6) is 0 Å². The highest BCUT2D eigenvalue weighted by molar-refractivity contribution is 8.18. The lowest BCUT2D eigenvalue weighted by Crippen LogP contribution is -2.28. The molecule has 2 heterocycles. The molecule has 3 rings (SSSR count). The number of hydrogen-bond acceptors (Lipinski definition) is 5. The standard InChI is InChI=1S/C22H20N2O4S/c1-5-11-23-20(25)19(29-22(23)27)13-17-12-14(3)24(15(17)4)18-9-7-16(8-10-18)21(26)28-6-2/h1,7-10,12-13H,6,11H2,2-4H3/b19-13-. The minimum Gasteiger partial charge on any atom is -0.462 e. The molecular weight excluding hydrogens is 388 g/mol. The van der Waals surface area contributed by atoms with E-state index in [-0.39, 0.29) is 23.7 Å². The lowest BCUT2D eigenvalue weighted by molar-refractivity contribution is -0.122. The third kappa shape index (κ3) is 3.98. The third-order valence-corrected chi connectivity index (χ3v) is 5.42. The van der Waals surface area contributed by atoms with Gasteiger partial charge in [0.1, 0.15) is 0 Å². The summed E-state index contributed by atoms with van der Waals surface area (Å²) in [5, 5.41) is -0.359. The second-order valence-corrected chi connectivity index (χ2v) is 7.39. The molecule has 1 aliphatic heterocycles. The maximum Gasteiger partial charge on any atom is 0.338 e. The first-order valence-electron chi connectivity index (χ1n) is 9.02. The first-order valence-corrected chi connectivity index (χ1v) is 9.84. The molecule has 0 atom stereocenters. The lowest BCUT2D eigenvalue weighted by Gasteiger charge is -2.10. The minimum atomic E-state index is -0.374. The van der Waals surface area contributed by atoms with Crippen LogP contribution in [0.3, 0.4) is 0 Å². The highest BCUT2D eigenvalue weighted by atomic mass is 32.2. The zero-order valence-electron chi connectivity index (χ0n) is 16.4. The fraction of sp³-hybridized carbons (Fsp3) is 0.227. The van der Waals surface area contributed by atoms with Crippen molar-refractivity contribution < 1.29 is 19.1 Å². The first kappa shape index (κ1) is 20.5. The van der Waals surface area contributed by atoms with E-state index in [2.05, 4.69) is 5.92 Å². The molecule has 1 aromatic heterocycles. The molecule has 7 heteroatoms. The van der Waals surface area contributed by atoms with Crippen molar-refractivity contribution in [3.8, 4) is 18.0 Å². The number of rotatable bonds is 5. The highest BCUT2D eigenvalue weighted by Crippen LogP contribution is 2.33. The molecule has 2 amide bonds. The number of imide groups is 1. The van der Waals surface area contributed by atoms with Crippen LogP contribution in [-0.4, -0.2) is 39.7 Å². The molecule has 1 aliphatic rings. The van der Waals surface area contributed by atoms with Crippen LogP contribution in [0.2, 0.25) is 0 Å². The smallest absolute Gasteiger partial charge is 0.338 e. The van der Waals surface area contributed by atoms with Crippen molar-refractivity contribution in [1.82, 2.24) is 9.47 Å². The molecule has 2 aromatic rings. The molecule has 0 N–H and O–H groups in total. The molecule has 6 nitrogen and oxygen atoms in total. The predicted octanol–water partition coefficient (Wildman–Crippen LogP) is 3.94. The lowest BCUT2D eigenvalue weighted by atomic mass is 10.2. The molecule has 29 heavy (non-hydrogen) atoms. The fourth-order valence-corrected chi connectivity index (χ4v) is 3.99. The fourth-order valence-electron chi connectivity index (χ4n) is 3.16. The summed E-state index contributed by atoms with van der Waals surface area (Å²) < 4.78 is 7.03. The summed E-state index contributed by atoms with van der Waals surface area (Å²) in [6.07, 6.45) is 6.95. The Hall–Kier alpha value is -3.24. The number of esters is 1. The highest BCUT2D eigenvalue weighted by Gasteiger charge is 2.34. The quantitative estimate of drug-likeness (QED) is 0.426. The van der Waals surface area contributed by atoms with Gasteiger partial charge in [-0.3, -0.25) is 14.5 Å². The van der Waals surface area contributed by atoms with Crippen molar-refractivity contribution in [3.63, 3.8) is 0 Å². The average molecular weight is 408 g/mol. The Bertz CT molecular complexity index is 1060. The van der Waals surface area contributed by atoms with Crippen LogP contribution in [0.4, 0.5) is 4.79 Å². The van der Waals surface area contributed by atoms with Crippen LogP contribution in [0.25, 0.3) is 11.8 Å². The maximum absolute atomic E-state index is 12.4. The number of hydrogen-bond donors (Lipinski definition) is 0. The van der Waals surface area contributed by atoms with Crippen LogP contribution >= 0.6 is 11.8 Å². The number of aromatic nitrogens is 1. The number of aryl methyl sites for hydroxylation is 1. The van der Waals surface area contributed by atoms with E-state index in [0.717, 1.165) is 39.3 Å². The van der Waals surface area contributed by atoms with Crippen molar-refractivity contribution in [2.75, 3.05) is 13.2 Å². The second kappa shape index (κ2) is 8.41. The predicted molar refractivity (Wildman–Crippen MR) is 113 cm³/mol. The van der Waals surface area contributed by atoms with Crippen LogP contribution < -0.4 is 0 Å². The van der Waals surface area contributed by atoms with Crippen molar-refractivity contribution in [2.45, 2.75) is 20.8 Å². The summed E-state index contributed by atoms with van der Waals surface area (Å²) in [5.41, 5.74) is 4.08. The molecule has 1 saturated heterocycles.